The Hall–Kier alpha value is -8.60. The summed E-state index contributed by atoms with van der Waals surface area (Å²) in [5.41, 5.74) is 3.81. The molecule has 1 fully saturated rings. The minimum atomic E-state index is -1.91. The molecule has 0 saturated carbocycles. The number of amides is 3. The molecule has 386 valence electrons. The lowest BCUT2D eigenvalue weighted by Gasteiger charge is -2.43. The van der Waals surface area contributed by atoms with Gasteiger partial charge in [-0.2, -0.15) is 0 Å². The number of hydrogen-bond acceptors (Lipinski definition) is 19. The van der Waals surface area contributed by atoms with Crippen LogP contribution in [0.15, 0.2) is 91.0 Å². The van der Waals surface area contributed by atoms with Crippen LogP contribution in [0.4, 0.5) is 21.0 Å². The normalized spacial score (nSPS) is 18.5. The molecule has 3 amide bonds. The van der Waals surface area contributed by atoms with Crippen LogP contribution in [0.1, 0.15) is 64.2 Å². The number of fused-ring (bicyclic) bond motifs is 3. The molecule has 0 radical (unpaired) electrons. The number of anilines is 1. The lowest BCUT2D eigenvalue weighted by Crippen LogP contribution is -2.64. The van der Waals surface area contributed by atoms with Crippen molar-refractivity contribution >= 4 is 59.3 Å². The fourth-order valence-electron chi connectivity index (χ4n) is 7.97. The molecule has 23 nitrogen and oxygen atoms in total. The van der Waals surface area contributed by atoms with Gasteiger partial charge in [-0.25, -0.2) is 14.4 Å². The maximum absolute atomic E-state index is 13.9. The van der Waals surface area contributed by atoms with E-state index in [1.165, 1.54) is 37.3 Å². The monoisotopic (exact) mass is 1010 g/mol. The first-order valence-electron chi connectivity index (χ1n) is 22.6. The lowest BCUT2D eigenvalue weighted by atomic mass is 9.97. The van der Waals surface area contributed by atoms with Crippen LogP contribution < -0.4 is 25.4 Å². The van der Waals surface area contributed by atoms with Crippen LogP contribution in [0.3, 0.4) is 0 Å². The van der Waals surface area contributed by atoms with Crippen molar-refractivity contribution in [2.24, 2.45) is 5.92 Å². The SMILES string of the molecule is COC(=O)[C@H]1O[C@@H](Oc2cc(COC(=O)Oc3ccc([N+](=O)[O-])cc3)ccc2NC(=O)[C@H](C)NC(=O)[C@@H](NC(=O)OCC2c3ccccc3-c3ccccc32)C(C)C)[C@H](OC(C)=O)[C@@H](OC(C)=O)[C@@H]1OC(C)=O. The minimum absolute atomic E-state index is 0.0132. The Balaban J connectivity index is 1.21. The molecule has 0 spiro atoms. The summed E-state index contributed by atoms with van der Waals surface area (Å²) in [5, 5.41) is 18.9. The zero-order valence-electron chi connectivity index (χ0n) is 40.5. The third-order valence-electron chi connectivity index (χ3n) is 11.3. The van der Waals surface area contributed by atoms with E-state index in [0.29, 0.717) is 0 Å². The number of nitro groups is 1. The lowest BCUT2D eigenvalue weighted by molar-refractivity contribution is -0.384. The van der Waals surface area contributed by atoms with Gasteiger partial charge in [0.05, 0.1) is 17.7 Å². The first-order valence-corrected chi connectivity index (χ1v) is 22.6. The van der Waals surface area contributed by atoms with E-state index in [1.54, 1.807) is 13.8 Å². The van der Waals surface area contributed by atoms with Gasteiger partial charge in [-0.3, -0.25) is 34.1 Å². The van der Waals surface area contributed by atoms with Gasteiger partial charge in [0.15, 0.2) is 18.3 Å². The summed E-state index contributed by atoms with van der Waals surface area (Å²) in [4.78, 5) is 114. The highest BCUT2D eigenvalue weighted by atomic mass is 16.7. The number of benzene rings is 4. The van der Waals surface area contributed by atoms with Gasteiger partial charge in [-0.05, 0) is 64.9 Å². The Bertz CT molecular complexity index is 2700. The molecule has 0 unspecified atom stereocenters. The maximum atomic E-state index is 13.9. The Kier molecular flexibility index (Phi) is 17.7. The van der Waals surface area contributed by atoms with E-state index in [2.05, 4.69) is 16.0 Å². The van der Waals surface area contributed by atoms with E-state index in [4.69, 9.17) is 42.6 Å². The Morgan fingerprint density at radius 2 is 1.30 bits per heavy atom. The molecule has 2 aliphatic rings. The van der Waals surface area contributed by atoms with Crippen molar-refractivity contribution in [3.05, 3.63) is 118 Å². The van der Waals surface area contributed by atoms with Gasteiger partial charge in [-0.1, -0.05) is 68.4 Å². The molecular formula is C50H52N4O19. The van der Waals surface area contributed by atoms with Gasteiger partial charge in [0, 0.05) is 38.8 Å². The Morgan fingerprint density at radius 1 is 0.712 bits per heavy atom. The summed E-state index contributed by atoms with van der Waals surface area (Å²) in [5.74, 6) is -6.67. The van der Waals surface area contributed by atoms with Gasteiger partial charge in [0.2, 0.25) is 24.2 Å². The largest absolute Gasteiger partial charge is 0.514 e. The summed E-state index contributed by atoms with van der Waals surface area (Å²) in [6.07, 6.45) is -11.1. The molecule has 23 heteroatoms. The zero-order valence-corrected chi connectivity index (χ0v) is 40.5. The number of non-ortho nitro benzene ring substituents is 1. The molecule has 4 aromatic rings. The number of nitrogens with one attached hydrogen (secondary N) is 3. The number of hydrogen-bond donors (Lipinski definition) is 3. The van der Waals surface area contributed by atoms with E-state index in [0.717, 1.165) is 62.3 Å². The van der Waals surface area contributed by atoms with Crippen LogP contribution >= 0.6 is 0 Å². The number of carbonyl (C=O) groups excluding carboxylic acids is 8. The highest BCUT2D eigenvalue weighted by Gasteiger charge is 2.56. The molecular weight excluding hydrogens is 961 g/mol. The average molecular weight is 1010 g/mol. The minimum Gasteiger partial charge on any atom is -0.467 e. The highest BCUT2D eigenvalue weighted by molar-refractivity contribution is 5.99. The summed E-state index contributed by atoms with van der Waals surface area (Å²) >= 11 is 0. The van der Waals surface area contributed by atoms with Crippen LogP contribution in [0.5, 0.6) is 11.5 Å². The molecule has 1 saturated heterocycles. The van der Waals surface area contributed by atoms with Crippen LogP contribution in [-0.2, 0) is 68.5 Å². The van der Waals surface area contributed by atoms with Gasteiger partial charge in [-0.15, -0.1) is 0 Å². The van der Waals surface area contributed by atoms with E-state index in [9.17, 15) is 48.5 Å². The second kappa shape index (κ2) is 24.0. The molecule has 0 aromatic heterocycles. The third-order valence-corrected chi connectivity index (χ3v) is 11.3. The Labute approximate surface area is 417 Å². The van der Waals surface area contributed by atoms with E-state index in [-0.39, 0.29) is 41.0 Å². The molecule has 1 aliphatic heterocycles. The molecule has 0 bridgehead atoms. The number of nitro benzene ring substituents is 1. The average Bonchev–Trinajstić information content (AvgIpc) is 3.66. The van der Waals surface area contributed by atoms with Crippen molar-refractivity contribution in [3.8, 4) is 22.6 Å². The number of ether oxygens (including phenoxy) is 9. The third kappa shape index (κ3) is 13.6. The first-order chi connectivity index (χ1) is 34.7. The van der Waals surface area contributed by atoms with Crippen LogP contribution in [0, 0.1) is 16.0 Å². The summed E-state index contributed by atoms with van der Waals surface area (Å²) in [6.45, 7) is 7.19. The standard InChI is InChI=1S/C50H52N4O19/c1-25(2)40(53-49(61)66-24-37-35-14-10-8-12-33(35)34-13-9-11-15-36(34)37)46(59)51-26(3)45(58)52-38-21-16-30(23-67-50(62)71-32-19-17-31(18-20-32)54(63)64)22-39(38)72-48-44(70-29(6)57)42(69-28(5)56)41(68-27(4)55)43(73-48)47(60)65-7/h8-22,25-26,37,40-44,48H,23-24H2,1-7H3,(H,51,59)(H,52,58)(H,53,61)/t26-,40-,41-,42-,43-,44+,48+/m0/s1. The smallest absolute Gasteiger partial charge is 0.467 e. The van der Waals surface area contributed by atoms with Gasteiger partial charge < -0.3 is 58.6 Å². The fraction of sp³-hybridized carbons (Fsp3) is 0.360. The molecule has 6 rings (SSSR count). The predicted octanol–water partition coefficient (Wildman–Crippen LogP) is 5.39. The van der Waals surface area contributed by atoms with Crippen LogP contribution in [0.2, 0.25) is 0 Å². The van der Waals surface area contributed by atoms with Crippen LogP contribution in [0.25, 0.3) is 11.1 Å². The molecule has 7 atom stereocenters. The molecule has 73 heavy (non-hydrogen) atoms. The number of rotatable bonds is 18. The molecule has 4 aromatic carbocycles. The van der Waals surface area contributed by atoms with Crippen molar-refractivity contribution in [3.63, 3.8) is 0 Å². The van der Waals surface area contributed by atoms with Crippen molar-refractivity contribution in [1.82, 2.24) is 10.6 Å². The number of alkyl carbamates (subject to hydrolysis) is 1. The number of methoxy groups -OCH3 is 1. The number of esters is 4. The quantitative estimate of drug-likeness (QED) is 0.0370. The number of nitrogens with zero attached hydrogens (tertiary/aromatic N) is 1. The van der Waals surface area contributed by atoms with Gasteiger partial charge in [0.1, 0.15) is 36.8 Å². The topological polar surface area (TPSA) is 299 Å². The second-order valence-electron chi connectivity index (χ2n) is 16.9. The van der Waals surface area contributed by atoms with Gasteiger partial charge >= 0.3 is 36.1 Å². The fourth-order valence-corrected chi connectivity index (χ4v) is 7.97. The summed E-state index contributed by atoms with van der Waals surface area (Å²) < 4.78 is 49.3. The Morgan fingerprint density at radius 3 is 1.88 bits per heavy atom. The first kappa shape index (κ1) is 53.7. The van der Waals surface area contributed by atoms with Gasteiger partial charge in [0.25, 0.3) is 5.69 Å². The van der Waals surface area contributed by atoms with Crippen LogP contribution in [-0.4, -0.2) is 109 Å². The molecule has 3 N–H and O–H groups in total. The van der Waals surface area contributed by atoms with Crippen molar-refractivity contribution in [1.29, 1.82) is 0 Å². The zero-order chi connectivity index (χ0) is 53.1. The maximum Gasteiger partial charge on any atom is 0.514 e. The van der Waals surface area contributed by atoms with Crippen molar-refractivity contribution < 1.29 is 85.9 Å². The summed E-state index contributed by atoms with van der Waals surface area (Å²) in [6, 6.07) is 21.6. The van der Waals surface area contributed by atoms with E-state index in [1.807, 2.05) is 48.5 Å². The highest BCUT2D eigenvalue weighted by Crippen LogP contribution is 2.44. The van der Waals surface area contributed by atoms with Crippen molar-refractivity contribution in [2.45, 2.75) is 96.9 Å². The molecule has 1 heterocycles. The molecule has 1 aliphatic carbocycles. The predicted molar refractivity (Wildman–Crippen MR) is 251 cm³/mol. The van der Waals surface area contributed by atoms with Crippen molar-refractivity contribution in [2.75, 3.05) is 19.0 Å². The summed E-state index contributed by atoms with van der Waals surface area (Å²) in [7, 11) is 0.996. The number of carbonyl (C=O) groups is 8. The van der Waals surface area contributed by atoms with E-state index >= 15 is 0 Å². The van der Waals surface area contributed by atoms with E-state index < -0.39 is 108 Å². The second-order valence-corrected chi connectivity index (χ2v) is 16.9.